The first-order chi connectivity index (χ1) is 10.0. The summed E-state index contributed by atoms with van der Waals surface area (Å²) in [6.07, 6.45) is 0. The molecule has 1 heterocycles. The van der Waals surface area contributed by atoms with Gasteiger partial charge in [0.2, 0.25) is 0 Å². The molecule has 3 aromatic rings. The van der Waals surface area contributed by atoms with Crippen LogP contribution in [0.15, 0.2) is 52.1 Å². The van der Waals surface area contributed by atoms with E-state index in [0.717, 1.165) is 4.57 Å². The van der Waals surface area contributed by atoms with Crippen molar-refractivity contribution < 1.29 is 4.39 Å². The number of hydrogen-bond donors (Lipinski definition) is 1. The fraction of sp³-hybridized carbons (Fsp3) is 0.0667. The molecule has 0 saturated carbocycles. The lowest BCUT2D eigenvalue weighted by Gasteiger charge is -2.07. The van der Waals surface area contributed by atoms with E-state index in [1.807, 2.05) is 0 Å². The van der Waals surface area contributed by atoms with Crippen molar-refractivity contribution in [3.63, 3.8) is 0 Å². The minimum Gasteiger partial charge on any atom is -0.307 e. The number of aromatic nitrogens is 2. The van der Waals surface area contributed by atoms with E-state index in [4.69, 9.17) is 11.6 Å². The average molecular weight is 305 g/mol. The Hall–Kier alpha value is -2.40. The molecule has 21 heavy (non-hydrogen) atoms. The zero-order valence-electron chi connectivity index (χ0n) is 10.8. The zero-order chi connectivity index (χ0) is 15.0. The van der Waals surface area contributed by atoms with Gasteiger partial charge >= 0.3 is 5.69 Å². The summed E-state index contributed by atoms with van der Waals surface area (Å²) in [5.41, 5.74) is 0.124. The molecular weight excluding hydrogens is 295 g/mol. The van der Waals surface area contributed by atoms with Crippen LogP contribution < -0.4 is 11.2 Å². The average Bonchev–Trinajstić information content (AvgIpc) is 2.45. The first kappa shape index (κ1) is 13.6. The Morgan fingerprint density at radius 1 is 1.10 bits per heavy atom. The second-order valence-corrected chi connectivity index (χ2v) is 5.07. The Morgan fingerprint density at radius 3 is 2.52 bits per heavy atom. The van der Waals surface area contributed by atoms with Gasteiger partial charge in [0.1, 0.15) is 5.82 Å². The van der Waals surface area contributed by atoms with E-state index in [9.17, 15) is 14.0 Å². The van der Waals surface area contributed by atoms with Crippen molar-refractivity contribution in [1.29, 1.82) is 0 Å². The molecule has 0 saturated heterocycles. The number of nitrogens with zero attached hydrogens (tertiary/aromatic N) is 1. The van der Waals surface area contributed by atoms with Crippen LogP contribution in [0.4, 0.5) is 4.39 Å². The number of H-pyrrole nitrogens is 1. The maximum Gasteiger partial charge on any atom is 0.329 e. The number of hydrogen-bond acceptors (Lipinski definition) is 2. The van der Waals surface area contributed by atoms with Gasteiger partial charge in [0, 0.05) is 5.02 Å². The van der Waals surface area contributed by atoms with Crippen LogP contribution in [0, 0.1) is 5.82 Å². The topological polar surface area (TPSA) is 54.9 Å². The standard InChI is InChI=1S/C15H10ClFN2O2/c16-10-3-6-12-13(7-10)18-15(21)19(14(12)20)8-9-1-4-11(17)5-2-9/h1-7H,8H2,(H,18,21). The molecule has 6 heteroatoms. The molecule has 1 aromatic heterocycles. The van der Waals surface area contributed by atoms with Gasteiger partial charge in [-0.3, -0.25) is 9.36 Å². The van der Waals surface area contributed by atoms with Gasteiger partial charge in [-0.2, -0.15) is 0 Å². The molecule has 4 nitrogen and oxygen atoms in total. The van der Waals surface area contributed by atoms with E-state index in [2.05, 4.69) is 4.98 Å². The highest BCUT2D eigenvalue weighted by atomic mass is 35.5. The molecule has 0 radical (unpaired) electrons. The Bertz CT molecular complexity index is 929. The Morgan fingerprint density at radius 2 is 1.81 bits per heavy atom. The third-order valence-corrected chi connectivity index (χ3v) is 3.43. The van der Waals surface area contributed by atoms with Crippen LogP contribution in [0.5, 0.6) is 0 Å². The lowest BCUT2D eigenvalue weighted by molar-refractivity contribution is 0.625. The number of aromatic amines is 1. The van der Waals surface area contributed by atoms with E-state index in [0.29, 0.717) is 21.5 Å². The highest BCUT2D eigenvalue weighted by molar-refractivity contribution is 6.31. The minimum atomic E-state index is -0.529. The summed E-state index contributed by atoms with van der Waals surface area (Å²) in [4.78, 5) is 27.0. The summed E-state index contributed by atoms with van der Waals surface area (Å²) in [6, 6.07) is 10.3. The molecule has 0 aliphatic carbocycles. The fourth-order valence-corrected chi connectivity index (χ4v) is 2.31. The van der Waals surface area contributed by atoms with Gasteiger partial charge < -0.3 is 4.98 Å². The van der Waals surface area contributed by atoms with Crippen molar-refractivity contribution in [2.24, 2.45) is 0 Å². The smallest absolute Gasteiger partial charge is 0.307 e. The quantitative estimate of drug-likeness (QED) is 0.791. The predicted molar refractivity (Wildman–Crippen MR) is 79.3 cm³/mol. The molecule has 0 bridgehead atoms. The molecule has 0 aliphatic heterocycles. The molecule has 2 aromatic carbocycles. The van der Waals surface area contributed by atoms with Crippen LogP contribution in [0.2, 0.25) is 5.02 Å². The molecule has 1 N–H and O–H groups in total. The lowest BCUT2D eigenvalue weighted by atomic mass is 10.2. The number of rotatable bonds is 2. The van der Waals surface area contributed by atoms with Gasteiger partial charge in [-0.15, -0.1) is 0 Å². The van der Waals surface area contributed by atoms with E-state index in [-0.39, 0.29) is 12.4 Å². The molecule has 0 amide bonds. The van der Waals surface area contributed by atoms with Gasteiger partial charge in [-0.1, -0.05) is 23.7 Å². The molecular formula is C15H10ClFN2O2. The second-order valence-electron chi connectivity index (χ2n) is 4.64. The minimum absolute atomic E-state index is 0.0764. The van der Waals surface area contributed by atoms with E-state index in [1.54, 1.807) is 12.1 Å². The lowest BCUT2D eigenvalue weighted by Crippen LogP contribution is -2.35. The summed E-state index contributed by atoms with van der Waals surface area (Å²) in [5.74, 6) is -0.367. The number of halogens is 2. The first-order valence-corrected chi connectivity index (χ1v) is 6.59. The molecule has 0 spiro atoms. The number of fused-ring (bicyclic) bond motifs is 1. The number of nitrogens with one attached hydrogen (secondary N) is 1. The Balaban J connectivity index is 2.14. The SMILES string of the molecule is O=c1[nH]c2cc(Cl)ccc2c(=O)n1Cc1ccc(F)cc1. The summed E-state index contributed by atoms with van der Waals surface area (Å²) >= 11 is 5.84. The zero-order valence-corrected chi connectivity index (χ0v) is 11.5. The Labute approximate surface area is 123 Å². The summed E-state index contributed by atoms with van der Waals surface area (Å²) < 4.78 is 14.0. The van der Waals surface area contributed by atoms with Crippen LogP contribution in [0.25, 0.3) is 10.9 Å². The Kier molecular flexibility index (Phi) is 3.35. The first-order valence-electron chi connectivity index (χ1n) is 6.21. The third-order valence-electron chi connectivity index (χ3n) is 3.20. The fourth-order valence-electron chi connectivity index (χ4n) is 2.14. The van der Waals surface area contributed by atoms with Gasteiger partial charge in [-0.25, -0.2) is 9.18 Å². The molecule has 0 aliphatic rings. The highest BCUT2D eigenvalue weighted by Crippen LogP contribution is 2.13. The molecule has 3 rings (SSSR count). The van der Waals surface area contributed by atoms with Crippen molar-refractivity contribution in [3.8, 4) is 0 Å². The number of benzene rings is 2. The molecule has 106 valence electrons. The van der Waals surface area contributed by atoms with Crippen LogP contribution in [-0.2, 0) is 6.54 Å². The van der Waals surface area contributed by atoms with Gasteiger partial charge in [0.15, 0.2) is 0 Å². The van der Waals surface area contributed by atoms with E-state index < -0.39 is 11.2 Å². The maximum atomic E-state index is 12.9. The second kappa shape index (κ2) is 5.18. The summed E-state index contributed by atoms with van der Waals surface area (Å²) in [6.45, 7) is 0.0764. The maximum absolute atomic E-state index is 12.9. The summed E-state index contributed by atoms with van der Waals surface area (Å²) in [7, 11) is 0. The van der Waals surface area contributed by atoms with Gasteiger partial charge in [0.25, 0.3) is 5.56 Å². The van der Waals surface area contributed by atoms with Crippen LogP contribution in [-0.4, -0.2) is 9.55 Å². The molecule has 0 unspecified atom stereocenters. The highest BCUT2D eigenvalue weighted by Gasteiger charge is 2.08. The van der Waals surface area contributed by atoms with Crippen LogP contribution in [0.1, 0.15) is 5.56 Å². The predicted octanol–water partition coefficient (Wildman–Crippen LogP) is 2.53. The van der Waals surface area contributed by atoms with Crippen molar-refractivity contribution in [2.75, 3.05) is 0 Å². The van der Waals surface area contributed by atoms with Crippen molar-refractivity contribution in [3.05, 3.63) is 79.7 Å². The van der Waals surface area contributed by atoms with Crippen LogP contribution >= 0.6 is 11.6 Å². The monoisotopic (exact) mass is 304 g/mol. The van der Waals surface area contributed by atoms with E-state index in [1.165, 1.54) is 30.3 Å². The van der Waals surface area contributed by atoms with Gasteiger partial charge in [-0.05, 0) is 35.9 Å². The largest absolute Gasteiger partial charge is 0.329 e. The third kappa shape index (κ3) is 2.60. The van der Waals surface area contributed by atoms with E-state index >= 15 is 0 Å². The van der Waals surface area contributed by atoms with Crippen molar-refractivity contribution >= 4 is 22.5 Å². The summed E-state index contributed by atoms with van der Waals surface area (Å²) in [5, 5.41) is 0.815. The normalized spacial score (nSPS) is 11.0. The van der Waals surface area contributed by atoms with Gasteiger partial charge in [0.05, 0.1) is 17.4 Å². The molecule has 0 atom stereocenters. The van der Waals surface area contributed by atoms with Crippen molar-refractivity contribution in [1.82, 2.24) is 9.55 Å². The van der Waals surface area contributed by atoms with Crippen LogP contribution in [0.3, 0.4) is 0 Å². The van der Waals surface area contributed by atoms with Crippen molar-refractivity contribution in [2.45, 2.75) is 6.54 Å². The molecule has 0 fully saturated rings.